The lowest BCUT2D eigenvalue weighted by Gasteiger charge is -2.14. The summed E-state index contributed by atoms with van der Waals surface area (Å²) in [6, 6.07) is 8.84. The largest absolute Gasteiger partial charge is 0.478 e. The van der Waals surface area contributed by atoms with Crippen molar-refractivity contribution in [1.29, 1.82) is 0 Å². The van der Waals surface area contributed by atoms with Crippen molar-refractivity contribution in [3.63, 3.8) is 0 Å². The van der Waals surface area contributed by atoms with Gasteiger partial charge in [0, 0.05) is 0 Å². The van der Waals surface area contributed by atoms with Crippen LogP contribution < -0.4 is 5.32 Å². The first kappa shape index (κ1) is 15.6. The summed E-state index contributed by atoms with van der Waals surface area (Å²) in [6.45, 7) is 1.48. The van der Waals surface area contributed by atoms with Crippen molar-refractivity contribution in [3.05, 3.63) is 65.2 Å². The lowest BCUT2D eigenvalue weighted by molar-refractivity contribution is -0.117. The van der Waals surface area contributed by atoms with Crippen LogP contribution in [0.1, 0.15) is 28.8 Å². The van der Waals surface area contributed by atoms with Crippen molar-refractivity contribution in [3.8, 4) is 0 Å². The molecule has 1 atom stereocenters. The molecule has 1 amide bonds. The standard InChI is InChI=1S/C16H13F2NO3/c1-9(11-4-2-3-5-12(11)17)15(20)19-14-8-10(16(21)22)6-7-13(14)18/h2-9H,1H3,(H,19,20)(H,21,22)/t9-/m0/s1. The van der Waals surface area contributed by atoms with E-state index in [9.17, 15) is 18.4 Å². The third-order valence-electron chi connectivity index (χ3n) is 3.24. The van der Waals surface area contributed by atoms with E-state index in [2.05, 4.69) is 5.32 Å². The number of rotatable bonds is 4. The molecule has 0 fully saturated rings. The van der Waals surface area contributed by atoms with E-state index in [1.807, 2.05) is 0 Å². The van der Waals surface area contributed by atoms with Crippen LogP contribution in [0.2, 0.25) is 0 Å². The summed E-state index contributed by atoms with van der Waals surface area (Å²) in [4.78, 5) is 23.0. The van der Waals surface area contributed by atoms with E-state index in [0.29, 0.717) is 0 Å². The minimum Gasteiger partial charge on any atom is -0.478 e. The number of aromatic carboxylic acids is 1. The van der Waals surface area contributed by atoms with Gasteiger partial charge in [-0.15, -0.1) is 0 Å². The number of carbonyl (C=O) groups excluding carboxylic acids is 1. The van der Waals surface area contributed by atoms with Gasteiger partial charge in [-0.3, -0.25) is 4.79 Å². The predicted molar refractivity (Wildman–Crippen MR) is 76.8 cm³/mol. The van der Waals surface area contributed by atoms with Crippen LogP contribution in [-0.4, -0.2) is 17.0 Å². The third kappa shape index (κ3) is 3.28. The minimum atomic E-state index is -1.24. The second kappa shape index (κ2) is 6.34. The van der Waals surface area contributed by atoms with Crippen molar-refractivity contribution >= 4 is 17.6 Å². The number of hydrogen-bond acceptors (Lipinski definition) is 2. The molecule has 2 rings (SSSR count). The number of hydrogen-bond donors (Lipinski definition) is 2. The van der Waals surface area contributed by atoms with E-state index < -0.39 is 29.4 Å². The molecule has 0 aliphatic carbocycles. The Balaban J connectivity index is 2.24. The van der Waals surface area contributed by atoms with Gasteiger partial charge in [-0.25, -0.2) is 13.6 Å². The van der Waals surface area contributed by atoms with E-state index >= 15 is 0 Å². The molecule has 0 aliphatic rings. The molecule has 114 valence electrons. The Labute approximate surface area is 125 Å². The van der Waals surface area contributed by atoms with E-state index in [-0.39, 0.29) is 16.8 Å². The van der Waals surface area contributed by atoms with Gasteiger partial charge in [-0.05, 0) is 36.8 Å². The molecule has 2 N–H and O–H groups in total. The number of anilines is 1. The molecule has 0 saturated carbocycles. The number of nitrogens with one attached hydrogen (secondary N) is 1. The van der Waals surface area contributed by atoms with Crippen LogP contribution in [0.3, 0.4) is 0 Å². The second-order valence-corrected chi connectivity index (χ2v) is 4.73. The van der Waals surface area contributed by atoms with Gasteiger partial charge in [0.25, 0.3) is 0 Å². The summed E-state index contributed by atoms with van der Waals surface area (Å²) < 4.78 is 27.3. The smallest absolute Gasteiger partial charge is 0.335 e. The SMILES string of the molecule is C[C@H](C(=O)Nc1cc(C(=O)O)ccc1F)c1ccccc1F. The molecule has 0 heterocycles. The lowest BCUT2D eigenvalue weighted by Crippen LogP contribution is -2.20. The monoisotopic (exact) mass is 305 g/mol. The average molecular weight is 305 g/mol. The quantitative estimate of drug-likeness (QED) is 0.909. The second-order valence-electron chi connectivity index (χ2n) is 4.73. The molecule has 0 bridgehead atoms. The van der Waals surface area contributed by atoms with Gasteiger partial charge in [0.15, 0.2) is 0 Å². The van der Waals surface area contributed by atoms with Gasteiger partial charge < -0.3 is 10.4 Å². The van der Waals surface area contributed by atoms with Crippen molar-refractivity contribution in [1.82, 2.24) is 0 Å². The molecule has 22 heavy (non-hydrogen) atoms. The zero-order valence-electron chi connectivity index (χ0n) is 11.6. The van der Waals surface area contributed by atoms with Crippen LogP contribution >= 0.6 is 0 Å². The fraction of sp³-hybridized carbons (Fsp3) is 0.125. The maximum absolute atomic E-state index is 13.7. The van der Waals surface area contributed by atoms with Crippen LogP contribution in [0.5, 0.6) is 0 Å². The maximum atomic E-state index is 13.7. The first-order chi connectivity index (χ1) is 10.4. The maximum Gasteiger partial charge on any atom is 0.335 e. The van der Waals surface area contributed by atoms with Crippen molar-refractivity contribution in [2.45, 2.75) is 12.8 Å². The molecule has 0 aromatic heterocycles. The van der Waals surface area contributed by atoms with E-state index in [4.69, 9.17) is 5.11 Å². The molecule has 0 unspecified atom stereocenters. The summed E-state index contributed by atoms with van der Waals surface area (Å²) in [5.41, 5.74) is -0.238. The Kier molecular flexibility index (Phi) is 4.50. The minimum absolute atomic E-state index is 0.157. The van der Waals surface area contributed by atoms with Crippen molar-refractivity contribution in [2.75, 3.05) is 5.32 Å². The highest BCUT2D eigenvalue weighted by atomic mass is 19.1. The lowest BCUT2D eigenvalue weighted by atomic mass is 9.99. The van der Waals surface area contributed by atoms with Crippen LogP contribution in [0.4, 0.5) is 14.5 Å². The Morgan fingerprint density at radius 2 is 1.77 bits per heavy atom. The van der Waals surface area contributed by atoms with Crippen LogP contribution in [0.25, 0.3) is 0 Å². The summed E-state index contributed by atoms with van der Waals surface area (Å²) in [5, 5.41) is 11.2. The summed E-state index contributed by atoms with van der Waals surface area (Å²) in [5.74, 6) is -4.03. The van der Waals surface area contributed by atoms with Crippen LogP contribution in [-0.2, 0) is 4.79 Å². The van der Waals surface area contributed by atoms with Gasteiger partial charge in [0.2, 0.25) is 5.91 Å². The number of benzene rings is 2. The number of carbonyl (C=O) groups is 2. The Morgan fingerprint density at radius 1 is 1.09 bits per heavy atom. The highest BCUT2D eigenvalue weighted by Crippen LogP contribution is 2.22. The molecular weight excluding hydrogens is 292 g/mol. The fourth-order valence-corrected chi connectivity index (χ4v) is 1.96. The zero-order valence-corrected chi connectivity index (χ0v) is 11.6. The Morgan fingerprint density at radius 3 is 2.41 bits per heavy atom. The Hall–Kier alpha value is -2.76. The Bertz CT molecular complexity index is 731. The topological polar surface area (TPSA) is 66.4 Å². The summed E-state index contributed by atoms with van der Waals surface area (Å²) in [6.07, 6.45) is 0. The highest BCUT2D eigenvalue weighted by Gasteiger charge is 2.20. The summed E-state index contributed by atoms with van der Waals surface area (Å²) >= 11 is 0. The normalized spacial score (nSPS) is 11.8. The first-order valence-electron chi connectivity index (χ1n) is 6.48. The average Bonchev–Trinajstić information content (AvgIpc) is 2.49. The molecule has 2 aromatic rings. The predicted octanol–water partition coefficient (Wildman–Crippen LogP) is 3.41. The molecule has 0 saturated heterocycles. The van der Waals surface area contributed by atoms with Gasteiger partial charge in [-0.2, -0.15) is 0 Å². The molecular formula is C16H13F2NO3. The van der Waals surface area contributed by atoms with E-state index in [1.54, 1.807) is 6.07 Å². The number of halogens is 2. The van der Waals surface area contributed by atoms with Gasteiger partial charge >= 0.3 is 5.97 Å². The number of carboxylic acid groups (broad SMARTS) is 1. The van der Waals surface area contributed by atoms with Crippen molar-refractivity contribution < 1.29 is 23.5 Å². The van der Waals surface area contributed by atoms with Gasteiger partial charge in [0.1, 0.15) is 11.6 Å². The van der Waals surface area contributed by atoms with Crippen LogP contribution in [0.15, 0.2) is 42.5 Å². The fourth-order valence-electron chi connectivity index (χ4n) is 1.96. The van der Waals surface area contributed by atoms with Crippen molar-refractivity contribution in [2.24, 2.45) is 0 Å². The molecule has 6 heteroatoms. The molecule has 2 aromatic carbocycles. The zero-order chi connectivity index (χ0) is 16.3. The molecule has 0 spiro atoms. The van der Waals surface area contributed by atoms with Crippen LogP contribution in [0, 0.1) is 11.6 Å². The third-order valence-corrected chi connectivity index (χ3v) is 3.24. The number of carboxylic acids is 1. The molecule has 0 aliphatic heterocycles. The molecule has 0 radical (unpaired) electrons. The van der Waals surface area contributed by atoms with Gasteiger partial charge in [-0.1, -0.05) is 18.2 Å². The summed E-state index contributed by atoms with van der Waals surface area (Å²) in [7, 11) is 0. The number of amides is 1. The van der Waals surface area contributed by atoms with E-state index in [1.165, 1.54) is 25.1 Å². The first-order valence-corrected chi connectivity index (χ1v) is 6.48. The highest BCUT2D eigenvalue weighted by molar-refractivity contribution is 5.97. The molecule has 4 nitrogen and oxygen atoms in total. The van der Waals surface area contributed by atoms with Gasteiger partial charge in [0.05, 0.1) is 17.2 Å². The van der Waals surface area contributed by atoms with E-state index in [0.717, 1.165) is 18.2 Å².